The Morgan fingerprint density at radius 3 is 2.81 bits per heavy atom. The number of hydrogen-bond acceptors (Lipinski definition) is 4. The average molecular weight is 364 g/mol. The van der Waals surface area contributed by atoms with Gasteiger partial charge in [-0.25, -0.2) is 9.67 Å². The highest BCUT2D eigenvalue weighted by Crippen LogP contribution is 2.14. The van der Waals surface area contributed by atoms with Crippen LogP contribution < -0.4 is 5.32 Å². The number of H-pyrrole nitrogens is 1. The molecule has 2 amide bonds. The summed E-state index contributed by atoms with van der Waals surface area (Å²) in [6.07, 6.45) is 8.79. The molecule has 1 fully saturated rings. The van der Waals surface area contributed by atoms with E-state index in [1.807, 2.05) is 18.2 Å². The van der Waals surface area contributed by atoms with Crippen LogP contribution in [-0.4, -0.2) is 49.6 Å². The lowest BCUT2D eigenvalue weighted by atomic mass is 10.2. The molecule has 0 spiro atoms. The van der Waals surface area contributed by atoms with Gasteiger partial charge in [0.25, 0.3) is 11.8 Å². The van der Waals surface area contributed by atoms with Crippen molar-refractivity contribution in [1.82, 2.24) is 30.0 Å². The third-order valence-electron chi connectivity index (χ3n) is 4.60. The standard InChI is InChI=1S/C19H20N6O2/c26-18(15-11-16(21-13-15)19(27)24-8-1-2-9-24)22-12-14-5-3-6-20-17(14)25-10-4-7-23-25/h3-7,10-11,13,21H,1-2,8-9,12H2,(H,22,26). The van der Waals surface area contributed by atoms with E-state index in [1.54, 1.807) is 40.4 Å². The smallest absolute Gasteiger partial charge is 0.270 e. The molecule has 3 aromatic rings. The molecule has 0 radical (unpaired) electrons. The van der Waals surface area contributed by atoms with Crippen LogP contribution in [0.4, 0.5) is 0 Å². The molecule has 1 aliphatic heterocycles. The van der Waals surface area contributed by atoms with Gasteiger partial charge in [0.05, 0.1) is 5.56 Å². The Balaban J connectivity index is 1.43. The first-order valence-corrected chi connectivity index (χ1v) is 8.92. The van der Waals surface area contributed by atoms with Crippen LogP contribution in [0.1, 0.15) is 39.3 Å². The minimum absolute atomic E-state index is 0.0558. The fraction of sp³-hybridized carbons (Fsp3) is 0.263. The normalized spacial score (nSPS) is 13.7. The van der Waals surface area contributed by atoms with E-state index in [9.17, 15) is 9.59 Å². The SMILES string of the molecule is O=C(NCc1cccnc1-n1cccn1)c1c[nH]c(C(=O)N2CCCC2)c1. The number of nitrogens with zero attached hydrogens (tertiary/aromatic N) is 4. The van der Waals surface area contributed by atoms with Crippen molar-refractivity contribution in [3.05, 3.63) is 65.9 Å². The van der Waals surface area contributed by atoms with Crippen LogP contribution in [0.2, 0.25) is 0 Å². The molecule has 4 heterocycles. The van der Waals surface area contributed by atoms with Gasteiger partial charge in [-0.05, 0) is 31.0 Å². The summed E-state index contributed by atoms with van der Waals surface area (Å²) in [5.74, 6) is 0.364. The van der Waals surface area contributed by atoms with E-state index < -0.39 is 0 Å². The fourth-order valence-electron chi connectivity index (χ4n) is 3.19. The molecule has 0 aliphatic carbocycles. The quantitative estimate of drug-likeness (QED) is 0.721. The molecule has 0 unspecified atom stereocenters. The molecular formula is C19H20N6O2. The van der Waals surface area contributed by atoms with Crippen LogP contribution in [0.5, 0.6) is 0 Å². The summed E-state index contributed by atoms with van der Waals surface area (Å²) >= 11 is 0. The number of amides is 2. The van der Waals surface area contributed by atoms with Crippen molar-refractivity contribution in [1.29, 1.82) is 0 Å². The second-order valence-corrected chi connectivity index (χ2v) is 6.42. The second-order valence-electron chi connectivity index (χ2n) is 6.42. The molecule has 1 aliphatic rings. The topological polar surface area (TPSA) is 95.9 Å². The minimum Gasteiger partial charge on any atom is -0.356 e. The minimum atomic E-state index is -0.248. The van der Waals surface area contributed by atoms with Crippen molar-refractivity contribution in [2.45, 2.75) is 19.4 Å². The van der Waals surface area contributed by atoms with Gasteiger partial charge in [0.2, 0.25) is 0 Å². The zero-order valence-corrected chi connectivity index (χ0v) is 14.8. The van der Waals surface area contributed by atoms with Gasteiger partial charge in [0.1, 0.15) is 5.69 Å². The molecule has 8 heteroatoms. The van der Waals surface area contributed by atoms with Gasteiger partial charge in [-0.2, -0.15) is 5.10 Å². The Hall–Kier alpha value is -3.42. The zero-order chi connectivity index (χ0) is 18.6. The maximum atomic E-state index is 12.5. The number of carbonyl (C=O) groups is 2. The molecule has 0 saturated carbocycles. The van der Waals surface area contributed by atoms with Crippen LogP contribution in [0.25, 0.3) is 5.82 Å². The summed E-state index contributed by atoms with van der Waals surface area (Å²) < 4.78 is 1.66. The van der Waals surface area contributed by atoms with Gasteiger partial charge in [0, 0.05) is 50.0 Å². The zero-order valence-electron chi connectivity index (χ0n) is 14.8. The Morgan fingerprint density at radius 1 is 1.19 bits per heavy atom. The number of carbonyl (C=O) groups excluding carboxylic acids is 2. The third kappa shape index (κ3) is 3.59. The van der Waals surface area contributed by atoms with E-state index in [0.29, 0.717) is 23.6 Å². The number of pyridine rings is 1. The number of aromatic nitrogens is 4. The largest absolute Gasteiger partial charge is 0.356 e. The van der Waals surface area contributed by atoms with Crippen molar-refractivity contribution in [3.63, 3.8) is 0 Å². The monoisotopic (exact) mass is 364 g/mol. The predicted octanol–water partition coefficient (Wildman–Crippen LogP) is 1.76. The van der Waals surface area contributed by atoms with E-state index in [-0.39, 0.29) is 11.8 Å². The van der Waals surface area contributed by atoms with Crippen molar-refractivity contribution in [2.24, 2.45) is 0 Å². The molecule has 0 bridgehead atoms. The lowest BCUT2D eigenvalue weighted by molar-refractivity contribution is 0.0787. The summed E-state index contributed by atoms with van der Waals surface area (Å²) in [4.78, 5) is 33.9. The van der Waals surface area contributed by atoms with Crippen LogP contribution in [0.3, 0.4) is 0 Å². The molecule has 2 N–H and O–H groups in total. The van der Waals surface area contributed by atoms with E-state index in [1.165, 1.54) is 0 Å². The maximum absolute atomic E-state index is 12.5. The van der Waals surface area contributed by atoms with Gasteiger partial charge < -0.3 is 15.2 Å². The van der Waals surface area contributed by atoms with Gasteiger partial charge in [-0.1, -0.05) is 6.07 Å². The summed E-state index contributed by atoms with van der Waals surface area (Å²) in [6.45, 7) is 1.86. The number of aromatic amines is 1. The molecule has 3 aromatic heterocycles. The average Bonchev–Trinajstić information content (AvgIpc) is 3.47. The molecule has 8 nitrogen and oxygen atoms in total. The fourth-order valence-corrected chi connectivity index (χ4v) is 3.19. The van der Waals surface area contributed by atoms with Gasteiger partial charge in [0.15, 0.2) is 5.82 Å². The first-order chi connectivity index (χ1) is 13.2. The molecular weight excluding hydrogens is 344 g/mol. The third-order valence-corrected chi connectivity index (χ3v) is 4.60. The molecule has 1 saturated heterocycles. The van der Waals surface area contributed by atoms with Gasteiger partial charge in [-0.3, -0.25) is 9.59 Å². The van der Waals surface area contributed by atoms with E-state index >= 15 is 0 Å². The maximum Gasteiger partial charge on any atom is 0.270 e. The van der Waals surface area contributed by atoms with Crippen LogP contribution in [-0.2, 0) is 6.54 Å². The van der Waals surface area contributed by atoms with E-state index in [4.69, 9.17) is 0 Å². The number of nitrogens with one attached hydrogen (secondary N) is 2. The highest BCUT2D eigenvalue weighted by atomic mass is 16.2. The molecule has 27 heavy (non-hydrogen) atoms. The van der Waals surface area contributed by atoms with Crippen molar-refractivity contribution >= 4 is 11.8 Å². The van der Waals surface area contributed by atoms with Gasteiger partial charge in [-0.15, -0.1) is 0 Å². The lowest BCUT2D eigenvalue weighted by Crippen LogP contribution is -2.28. The summed E-state index contributed by atoms with van der Waals surface area (Å²) in [5, 5.41) is 7.06. The van der Waals surface area contributed by atoms with Crippen molar-refractivity contribution in [2.75, 3.05) is 13.1 Å². The number of likely N-dealkylation sites (tertiary alicyclic amines) is 1. The highest BCUT2D eigenvalue weighted by molar-refractivity contribution is 5.99. The second kappa shape index (κ2) is 7.45. The molecule has 4 rings (SSSR count). The van der Waals surface area contributed by atoms with E-state index in [2.05, 4.69) is 20.4 Å². The van der Waals surface area contributed by atoms with Crippen molar-refractivity contribution in [3.8, 4) is 5.82 Å². The first-order valence-electron chi connectivity index (χ1n) is 8.92. The lowest BCUT2D eigenvalue weighted by Gasteiger charge is -2.13. The highest BCUT2D eigenvalue weighted by Gasteiger charge is 2.21. The van der Waals surface area contributed by atoms with Crippen LogP contribution >= 0.6 is 0 Å². The Labute approximate surface area is 156 Å². The Kier molecular flexibility index (Phi) is 4.69. The Morgan fingerprint density at radius 2 is 2.04 bits per heavy atom. The van der Waals surface area contributed by atoms with Crippen LogP contribution in [0.15, 0.2) is 49.1 Å². The summed E-state index contributed by atoms with van der Waals surface area (Å²) in [5.41, 5.74) is 1.72. The van der Waals surface area contributed by atoms with Crippen LogP contribution in [0, 0.1) is 0 Å². The van der Waals surface area contributed by atoms with E-state index in [0.717, 1.165) is 31.5 Å². The summed E-state index contributed by atoms with van der Waals surface area (Å²) in [6, 6.07) is 7.13. The number of rotatable bonds is 5. The van der Waals surface area contributed by atoms with Crippen molar-refractivity contribution < 1.29 is 9.59 Å². The molecule has 0 atom stereocenters. The molecule has 138 valence electrons. The van der Waals surface area contributed by atoms with Gasteiger partial charge >= 0.3 is 0 Å². The molecule has 0 aromatic carbocycles. The number of hydrogen-bond donors (Lipinski definition) is 2. The predicted molar refractivity (Wildman–Crippen MR) is 98.5 cm³/mol. The summed E-state index contributed by atoms with van der Waals surface area (Å²) in [7, 11) is 0. The first kappa shape index (κ1) is 17.0. The Bertz CT molecular complexity index is 941.